The van der Waals surface area contributed by atoms with Gasteiger partial charge in [0.25, 0.3) is 0 Å². The van der Waals surface area contributed by atoms with Crippen LogP contribution in [0.15, 0.2) is 53.9 Å². The summed E-state index contributed by atoms with van der Waals surface area (Å²) >= 11 is 1.59. The van der Waals surface area contributed by atoms with Crippen LogP contribution in [0.2, 0.25) is 0 Å². The Bertz CT molecular complexity index is 1010. The number of allylic oxidation sites excluding steroid dienone is 2. The number of hydrazone groups is 1. The third-order valence-corrected chi connectivity index (χ3v) is 6.09. The summed E-state index contributed by atoms with van der Waals surface area (Å²) in [5.74, 6) is 1.74. The zero-order valence-electron chi connectivity index (χ0n) is 13.3. The molecule has 2 heterocycles. The summed E-state index contributed by atoms with van der Waals surface area (Å²) in [5.41, 5.74) is 6.20. The highest BCUT2D eigenvalue weighted by Gasteiger charge is 2.37. The number of hydrogen-bond acceptors (Lipinski definition) is 5. The molecule has 0 saturated heterocycles. The van der Waals surface area contributed by atoms with E-state index in [4.69, 9.17) is 0 Å². The van der Waals surface area contributed by atoms with Gasteiger partial charge in [-0.3, -0.25) is 5.43 Å². The van der Waals surface area contributed by atoms with Gasteiger partial charge in [0.1, 0.15) is 12.1 Å². The van der Waals surface area contributed by atoms with Gasteiger partial charge in [-0.25, -0.2) is 14.4 Å². The fraction of sp³-hybridized carbons (Fsp3) is 0.211. The number of nitrogens with one attached hydrogen (secondary N) is 1. The lowest BCUT2D eigenvalue weighted by Gasteiger charge is -2.31. The van der Waals surface area contributed by atoms with Gasteiger partial charge in [0.2, 0.25) is 0 Å². The van der Waals surface area contributed by atoms with Crippen LogP contribution >= 0.6 is 11.3 Å². The maximum Gasteiger partial charge on any atom is 0.167 e. The smallest absolute Gasteiger partial charge is 0.167 e. The third kappa shape index (κ3) is 2.53. The van der Waals surface area contributed by atoms with Gasteiger partial charge in [0, 0.05) is 16.5 Å². The first-order valence-corrected chi connectivity index (χ1v) is 9.09. The van der Waals surface area contributed by atoms with E-state index in [1.807, 2.05) is 6.07 Å². The highest BCUT2D eigenvalue weighted by atomic mass is 32.1. The van der Waals surface area contributed by atoms with Crippen molar-refractivity contribution in [2.45, 2.75) is 12.8 Å². The Morgan fingerprint density at radius 1 is 1.20 bits per heavy atom. The fourth-order valence-electron chi connectivity index (χ4n) is 3.48. The molecule has 2 unspecified atom stereocenters. The molecule has 1 saturated carbocycles. The monoisotopic (exact) mass is 350 g/mol. The molecule has 0 amide bonds. The van der Waals surface area contributed by atoms with Crippen LogP contribution in [-0.2, 0) is 0 Å². The predicted octanol–water partition coefficient (Wildman–Crippen LogP) is 4.86. The zero-order valence-corrected chi connectivity index (χ0v) is 14.1. The van der Waals surface area contributed by atoms with Gasteiger partial charge in [0.05, 0.1) is 10.2 Å². The molecule has 4 nitrogen and oxygen atoms in total. The molecule has 3 aromatic rings. The SMILES string of the molecule is Fc1ccc(-c2cc3ncnc(N/N=C4\CC5C=CCC45)c3s2)cc1. The number of aromatic nitrogens is 2. The standard InChI is InChI=1S/C19H15FN4S/c20-13-6-4-11(5-7-13)17-9-16-18(25-17)19(22-10-21-16)24-23-15-8-12-2-1-3-14(12)15/h1-2,4-7,9-10,12,14H,3,8H2,(H,21,22,24)/b23-15+. The normalized spacial score (nSPS) is 23.0. The zero-order chi connectivity index (χ0) is 16.8. The number of anilines is 1. The molecule has 2 aliphatic carbocycles. The lowest BCUT2D eigenvalue weighted by Crippen LogP contribution is -2.33. The number of rotatable bonds is 3. The summed E-state index contributed by atoms with van der Waals surface area (Å²) < 4.78 is 14.1. The molecule has 124 valence electrons. The number of nitrogens with zero attached hydrogens (tertiary/aromatic N) is 3. The van der Waals surface area contributed by atoms with Crippen molar-refractivity contribution in [1.82, 2.24) is 9.97 Å². The summed E-state index contributed by atoms with van der Waals surface area (Å²) in [6, 6.07) is 8.51. The Morgan fingerprint density at radius 3 is 2.92 bits per heavy atom. The molecule has 25 heavy (non-hydrogen) atoms. The Labute approximate surface area is 148 Å². The van der Waals surface area contributed by atoms with E-state index in [1.165, 1.54) is 17.8 Å². The molecule has 5 rings (SSSR count). The molecule has 1 N–H and O–H groups in total. The van der Waals surface area contributed by atoms with Gasteiger partial charge >= 0.3 is 0 Å². The number of halogens is 1. The Hall–Kier alpha value is -2.60. The number of benzene rings is 1. The molecule has 1 fully saturated rings. The van der Waals surface area contributed by atoms with Crippen LogP contribution in [-0.4, -0.2) is 15.7 Å². The number of thiophene rings is 1. The van der Waals surface area contributed by atoms with Gasteiger partial charge in [0.15, 0.2) is 5.82 Å². The molecule has 6 heteroatoms. The predicted molar refractivity (Wildman–Crippen MR) is 99.2 cm³/mol. The quantitative estimate of drug-likeness (QED) is 0.542. The average Bonchev–Trinajstić information content (AvgIpc) is 3.20. The Balaban J connectivity index is 1.45. The maximum atomic E-state index is 13.1. The fourth-order valence-corrected chi connectivity index (χ4v) is 4.53. The second-order valence-electron chi connectivity index (χ2n) is 6.41. The van der Waals surface area contributed by atoms with Crippen molar-refractivity contribution >= 4 is 33.1 Å². The molecule has 2 aliphatic rings. The van der Waals surface area contributed by atoms with Crippen LogP contribution in [0.25, 0.3) is 20.7 Å². The van der Waals surface area contributed by atoms with Crippen LogP contribution in [0, 0.1) is 17.7 Å². The van der Waals surface area contributed by atoms with Crippen molar-refractivity contribution < 1.29 is 4.39 Å². The molecule has 0 radical (unpaired) electrons. The van der Waals surface area contributed by atoms with Crippen molar-refractivity contribution in [2.24, 2.45) is 16.9 Å². The minimum atomic E-state index is -0.233. The molecule has 0 aliphatic heterocycles. The van der Waals surface area contributed by atoms with E-state index >= 15 is 0 Å². The summed E-state index contributed by atoms with van der Waals surface area (Å²) in [4.78, 5) is 9.73. The van der Waals surface area contributed by atoms with Crippen molar-refractivity contribution in [3.8, 4) is 10.4 Å². The van der Waals surface area contributed by atoms with Crippen LogP contribution in [0.4, 0.5) is 10.2 Å². The number of fused-ring (bicyclic) bond motifs is 2. The molecular formula is C19H15FN4S. The lowest BCUT2D eigenvalue weighted by atomic mass is 9.74. The second kappa shape index (κ2) is 5.74. The van der Waals surface area contributed by atoms with Gasteiger partial charge in [-0.1, -0.05) is 24.3 Å². The van der Waals surface area contributed by atoms with Crippen LogP contribution < -0.4 is 5.43 Å². The molecular weight excluding hydrogens is 335 g/mol. The summed E-state index contributed by atoms with van der Waals surface area (Å²) in [7, 11) is 0. The number of hydrogen-bond donors (Lipinski definition) is 1. The van der Waals surface area contributed by atoms with Crippen LogP contribution in [0.3, 0.4) is 0 Å². The molecule has 2 aromatic heterocycles. The van der Waals surface area contributed by atoms with E-state index < -0.39 is 0 Å². The highest BCUT2D eigenvalue weighted by Crippen LogP contribution is 2.40. The van der Waals surface area contributed by atoms with Crippen LogP contribution in [0.5, 0.6) is 0 Å². The minimum absolute atomic E-state index is 0.233. The topological polar surface area (TPSA) is 50.2 Å². The van der Waals surface area contributed by atoms with Crippen molar-refractivity contribution in [3.63, 3.8) is 0 Å². The van der Waals surface area contributed by atoms with E-state index in [1.54, 1.807) is 29.8 Å². The Kier molecular flexibility index (Phi) is 3.38. The van der Waals surface area contributed by atoms with Gasteiger partial charge in [-0.05, 0) is 42.5 Å². The molecule has 1 aromatic carbocycles. The third-order valence-electron chi connectivity index (χ3n) is 4.91. The maximum absolute atomic E-state index is 13.1. The van der Waals surface area contributed by atoms with Gasteiger partial charge in [-0.2, -0.15) is 5.10 Å². The van der Waals surface area contributed by atoms with Crippen LogP contribution in [0.1, 0.15) is 12.8 Å². The largest absolute Gasteiger partial charge is 0.260 e. The van der Waals surface area contributed by atoms with Gasteiger partial charge in [-0.15, -0.1) is 11.3 Å². The first-order chi connectivity index (χ1) is 12.3. The first-order valence-electron chi connectivity index (χ1n) is 8.27. The second-order valence-corrected chi connectivity index (χ2v) is 7.46. The van der Waals surface area contributed by atoms with Crippen molar-refractivity contribution in [2.75, 3.05) is 5.43 Å². The molecule has 0 bridgehead atoms. The van der Waals surface area contributed by atoms with Crippen molar-refractivity contribution in [3.05, 3.63) is 54.6 Å². The van der Waals surface area contributed by atoms with E-state index in [9.17, 15) is 4.39 Å². The van der Waals surface area contributed by atoms with E-state index in [2.05, 4.69) is 32.6 Å². The first kappa shape index (κ1) is 14.7. The summed E-state index contributed by atoms with van der Waals surface area (Å²) in [5, 5.41) is 4.58. The minimum Gasteiger partial charge on any atom is -0.260 e. The summed E-state index contributed by atoms with van der Waals surface area (Å²) in [6.45, 7) is 0. The summed E-state index contributed by atoms with van der Waals surface area (Å²) in [6.07, 6.45) is 8.22. The van der Waals surface area contributed by atoms with Crippen molar-refractivity contribution in [1.29, 1.82) is 0 Å². The Morgan fingerprint density at radius 2 is 2.08 bits per heavy atom. The van der Waals surface area contributed by atoms with Gasteiger partial charge < -0.3 is 0 Å². The molecule has 2 atom stereocenters. The van der Waals surface area contributed by atoms with E-state index in [0.29, 0.717) is 11.8 Å². The lowest BCUT2D eigenvalue weighted by molar-refractivity contribution is 0.466. The van der Waals surface area contributed by atoms with E-state index in [0.717, 1.165) is 39.3 Å². The van der Waals surface area contributed by atoms with E-state index in [-0.39, 0.29) is 5.82 Å². The highest BCUT2D eigenvalue weighted by molar-refractivity contribution is 7.22. The molecule has 0 spiro atoms. The average molecular weight is 350 g/mol.